The molecule has 0 bridgehead atoms. The lowest BCUT2D eigenvalue weighted by Crippen LogP contribution is -2.20. The van der Waals surface area contributed by atoms with Gasteiger partial charge in [-0.1, -0.05) is 29.8 Å². The van der Waals surface area contributed by atoms with Gasteiger partial charge in [0.25, 0.3) is 0 Å². The van der Waals surface area contributed by atoms with Crippen LogP contribution in [-0.2, 0) is 6.42 Å². The molecule has 2 aromatic rings. The summed E-state index contributed by atoms with van der Waals surface area (Å²) in [5.41, 5.74) is 2.87. The third-order valence-corrected chi connectivity index (χ3v) is 3.62. The van der Waals surface area contributed by atoms with Crippen molar-refractivity contribution < 1.29 is 4.39 Å². The number of aromatic nitrogens is 1. The number of benzene rings is 1. The van der Waals surface area contributed by atoms with Crippen LogP contribution in [0.3, 0.4) is 0 Å². The average molecular weight is 279 g/mol. The number of nitrogens with one attached hydrogen (secondary N) is 1. The van der Waals surface area contributed by atoms with Crippen molar-refractivity contribution in [2.45, 2.75) is 19.4 Å². The molecule has 0 aliphatic rings. The second-order valence-electron chi connectivity index (χ2n) is 4.46. The lowest BCUT2D eigenvalue weighted by molar-refractivity contribution is 0.571. The minimum absolute atomic E-state index is 0.0585. The standard InChI is InChI=1S/C15H16ClFN2/c1-10-5-4-8-19-13(10)9-14(18-2)11-6-3-7-12(17)15(11)16/h3-8,14,18H,9H2,1-2H3. The van der Waals surface area contributed by atoms with Crippen LogP contribution in [0.2, 0.25) is 5.02 Å². The lowest BCUT2D eigenvalue weighted by atomic mass is 9.99. The van der Waals surface area contributed by atoms with Crippen molar-refractivity contribution in [3.8, 4) is 0 Å². The van der Waals surface area contributed by atoms with E-state index in [4.69, 9.17) is 11.6 Å². The summed E-state index contributed by atoms with van der Waals surface area (Å²) in [4.78, 5) is 4.37. The van der Waals surface area contributed by atoms with Crippen molar-refractivity contribution in [3.63, 3.8) is 0 Å². The Bertz CT molecular complexity index is 572. The zero-order chi connectivity index (χ0) is 13.8. The predicted molar refractivity (Wildman–Crippen MR) is 75.9 cm³/mol. The fourth-order valence-corrected chi connectivity index (χ4v) is 2.34. The summed E-state index contributed by atoms with van der Waals surface area (Å²) in [6.45, 7) is 2.02. The zero-order valence-corrected chi connectivity index (χ0v) is 11.7. The van der Waals surface area contributed by atoms with Gasteiger partial charge >= 0.3 is 0 Å². The number of hydrogen-bond acceptors (Lipinski definition) is 2. The van der Waals surface area contributed by atoms with Crippen molar-refractivity contribution in [2.24, 2.45) is 0 Å². The van der Waals surface area contributed by atoms with Crippen molar-refractivity contribution in [3.05, 3.63) is 64.2 Å². The van der Waals surface area contributed by atoms with E-state index < -0.39 is 5.82 Å². The third-order valence-electron chi connectivity index (χ3n) is 3.22. The van der Waals surface area contributed by atoms with Gasteiger partial charge in [-0.25, -0.2) is 4.39 Å². The van der Waals surface area contributed by atoms with Gasteiger partial charge in [-0.15, -0.1) is 0 Å². The first-order valence-electron chi connectivity index (χ1n) is 6.15. The van der Waals surface area contributed by atoms with E-state index in [0.717, 1.165) is 16.8 Å². The van der Waals surface area contributed by atoms with Crippen LogP contribution in [0.15, 0.2) is 36.5 Å². The number of rotatable bonds is 4. The Hall–Kier alpha value is -1.45. The average Bonchev–Trinajstić information content (AvgIpc) is 2.41. The van der Waals surface area contributed by atoms with Crippen LogP contribution in [0, 0.1) is 12.7 Å². The van der Waals surface area contributed by atoms with Gasteiger partial charge in [-0.2, -0.15) is 0 Å². The Morgan fingerprint density at radius 2 is 2.11 bits per heavy atom. The fourth-order valence-electron chi connectivity index (χ4n) is 2.08. The Labute approximate surface area is 117 Å². The summed E-state index contributed by atoms with van der Waals surface area (Å²) in [6, 6.07) is 8.74. The number of pyridine rings is 1. The van der Waals surface area contributed by atoms with Crippen LogP contribution in [0.25, 0.3) is 0 Å². The quantitative estimate of drug-likeness (QED) is 0.923. The van der Waals surface area contributed by atoms with E-state index in [-0.39, 0.29) is 11.1 Å². The molecule has 1 N–H and O–H groups in total. The van der Waals surface area contributed by atoms with Gasteiger partial charge in [-0.3, -0.25) is 4.98 Å². The molecule has 1 atom stereocenters. The van der Waals surface area contributed by atoms with Crippen LogP contribution in [0.5, 0.6) is 0 Å². The predicted octanol–water partition coefficient (Wildman–Crippen LogP) is 3.69. The highest BCUT2D eigenvalue weighted by molar-refractivity contribution is 6.31. The highest BCUT2D eigenvalue weighted by Gasteiger charge is 2.17. The molecule has 0 aliphatic carbocycles. The highest BCUT2D eigenvalue weighted by Crippen LogP contribution is 2.27. The number of halogens is 2. The number of likely N-dealkylation sites (N-methyl/N-ethyl adjacent to an activating group) is 1. The molecule has 2 nitrogen and oxygen atoms in total. The molecule has 4 heteroatoms. The van der Waals surface area contributed by atoms with E-state index in [9.17, 15) is 4.39 Å². The molecular weight excluding hydrogens is 263 g/mol. The molecule has 1 heterocycles. The fraction of sp³-hybridized carbons (Fsp3) is 0.267. The molecule has 19 heavy (non-hydrogen) atoms. The van der Waals surface area contributed by atoms with Crippen LogP contribution < -0.4 is 5.32 Å². The molecule has 100 valence electrons. The lowest BCUT2D eigenvalue weighted by Gasteiger charge is -2.18. The maximum absolute atomic E-state index is 13.5. The van der Waals surface area contributed by atoms with Crippen LogP contribution >= 0.6 is 11.6 Å². The molecule has 0 fully saturated rings. The second-order valence-corrected chi connectivity index (χ2v) is 4.83. The molecular formula is C15H16ClFN2. The minimum atomic E-state index is -0.392. The van der Waals surface area contributed by atoms with E-state index in [1.54, 1.807) is 12.3 Å². The van der Waals surface area contributed by atoms with Gasteiger partial charge in [0.1, 0.15) is 5.82 Å². The molecule has 0 spiro atoms. The van der Waals surface area contributed by atoms with Gasteiger partial charge in [0.2, 0.25) is 0 Å². The van der Waals surface area contributed by atoms with E-state index in [0.29, 0.717) is 6.42 Å². The number of nitrogens with zero attached hydrogens (tertiary/aromatic N) is 1. The van der Waals surface area contributed by atoms with E-state index in [1.807, 2.05) is 32.2 Å². The van der Waals surface area contributed by atoms with Crippen LogP contribution in [0.4, 0.5) is 4.39 Å². The Morgan fingerprint density at radius 3 is 2.79 bits per heavy atom. The van der Waals surface area contributed by atoms with Crippen molar-refractivity contribution in [1.29, 1.82) is 0 Å². The van der Waals surface area contributed by atoms with Crippen molar-refractivity contribution in [2.75, 3.05) is 7.05 Å². The topological polar surface area (TPSA) is 24.9 Å². The van der Waals surface area contributed by atoms with Gasteiger partial charge in [-0.05, 0) is 37.2 Å². The maximum Gasteiger partial charge on any atom is 0.142 e. The van der Waals surface area contributed by atoms with Crippen LogP contribution in [-0.4, -0.2) is 12.0 Å². The van der Waals surface area contributed by atoms with Crippen molar-refractivity contribution in [1.82, 2.24) is 10.3 Å². The normalized spacial score (nSPS) is 12.4. The number of hydrogen-bond donors (Lipinski definition) is 1. The first-order valence-corrected chi connectivity index (χ1v) is 6.53. The molecule has 2 rings (SSSR count). The van der Waals surface area contributed by atoms with E-state index in [2.05, 4.69) is 10.3 Å². The molecule has 1 aromatic heterocycles. The summed E-state index contributed by atoms with van der Waals surface area (Å²) >= 11 is 6.04. The first kappa shape index (κ1) is 14.0. The largest absolute Gasteiger partial charge is 0.313 e. The Morgan fingerprint density at radius 1 is 1.32 bits per heavy atom. The maximum atomic E-state index is 13.5. The SMILES string of the molecule is CNC(Cc1ncccc1C)c1cccc(F)c1Cl. The summed E-state index contributed by atoms with van der Waals surface area (Å²) < 4.78 is 13.5. The first-order chi connectivity index (χ1) is 9.13. The Balaban J connectivity index is 2.31. The number of aryl methyl sites for hydroxylation is 1. The monoisotopic (exact) mass is 278 g/mol. The molecule has 0 saturated heterocycles. The summed E-state index contributed by atoms with van der Waals surface area (Å²) in [6.07, 6.45) is 2.44. The van der Waals surface area contributed by atoms with Gasteiger partial charge < -0.3 is 5.32 Å². The van der Waals surface area contributed by atoms with Gasteiger partial charge in [0.15, 0.2) is 0 Å². The minimum Gasteiger partial charge on any atom is -0.313 e. The zero-order valence-electron chi connectivity index (χ0n) is 11.0. The molecule has 0 saturated carbocycles. The summed E-state index contributed by atoms with van der Waals surface area (Å²) in [5.74, 6) is -0.392. The molecule has 0 amide bonds. The third kappa shape index (κ3) is 3.11. The molecule has 1 unspecified atom stereocenters. The molecule has 1 aromatic carbocycles. The highest BCUT2D eigenvalue weighted by atomic mass is 35.5. The smallest absolute Gasteiger partial charge is 0.142 e. The second kappa shape index (κ2) is 6.13. The summed E-state index contributed by atoms with van der Waals surface area (Å²) in [5, 5.41) is 3.35. The van der Waals surface area contributed by atoms with Gasteiger partial charge in [0, 0.05) is 24.4 Å². The molecule has 0 radical (unpaired) electrons. The van der Waals surface area contributed by atoms with Crippen molar-refractivity contribution >= 4 is 11.6 Å². The van der Waals surface area contributed by atoms with Crippen LogP contribution in [0.1, 0.15) is 22.9 Å². The van der Waals surface area contributed by atoms with Gasteiger partial charge in [0.05, 0.1) is 5.02 Å². The molecule has 0 aliphatic heterocycles. The van der Waals surface area contributed by atoms with E-state index >= 15 is 0 Å². The Kier molecular flexibility index (Phi) is 4.51. The summed E-state index contributed by atoms with van der Waals surface area (Å²) in [7, 11) is 1.84. The van der Waals surface area contributed by atoms with E-state index in [1.165, 1.54) is 6.07 Å².